The Morgan fingerprint density at radius 1 is 1.07 bits per heavy atom. The number of likely N-dealkylation sites (tertiary alicyclic amines) is 1. The van der Waals surface area contributed by atoms with E-state index in [0.717, 1.165) is 31.6 Å². The fraction of sp³-hybridized carbons (Fsp3) is 0.391. The van der Waals surface area contributed by atoms with Crippen molar-refractivity contribution in [1.82, 2.24) is 4.90 Å². The Morgan fingerprint density at radius 2 is 1.82 bits per heavy atom. The molecule has 5 nitrogen and oxygen atoms in total. The molecule has 0 aliphatic carbocycles. The third kappa shape index (κ3) is 3.80. The third-order valence-electron chi connectivity index (χ3n) is 5.94. The smallest absolute Gasteiger partial charge is 0.241 e. The van der Waals surface area contributed by atoms with Crippen LogP contribution >= 0.6 is 0 Å². The van der Waals surface area contributed by atoms with Gasteiger partial charge in [-0.2, -0.15) is 0 Å². The van der Waals surface area contributed by atoms with Crippen LogP contribution in [0.25, 0.3) is 0 Å². The number of para-hydroxylation sites is 2. The van der Waals surface area contributed by atoms with Crippen molar-refractivity contribution in [3.8, 4) is 0 Å². The first-order valence-electron chi connectivity index (χ1n) is 10.1. The second-order valence-corrected chi connectivity index (χ2v) is 7.72. The number of amides is 2. The molecular weight excluding hydrogens is 350 g/mol. The fourth-order valence-electron chi connectivity index (χ4n) is 4.26. The lowest BCUT2D eigenvalue weighted by atomic mass is 9.99. The van der Waals surface area contributed by atoms with E-state index in [0.29, 0.717) is 24.6 Å². The Hall–Kier alpha value is -2.66. The van der Waals surface area contributed by atoms with E-state index in [2.05, 4.69) is 34.5 Å². The zero-order valence-electron chi connectivity index (χ0n) is 16.3. The van der Waals surface area contributed by atoms with Gasteiger partial charge in [0.05, 0.1) is 17.4 Å². The van der Waals surface area contributed by atoms with Gasteiger partial charge in [0.2, 0.25) is 11.8 Å². The lowest BCUT2D eigenvalue weighted by Crippen LogP contribution is -2.41. The van der Waals surface area contributed by atoms with Gasteiger partial charge in [-0.25, -0.2) is 0 Å². The summed E-state index contributed by atoms with van der Waals surface area (Å²) in [4.78, 5) is 29.1. The molecule has 0 radical (unpaired) electrons. The molecule has 0 spiro atoms. The van der Waals surface area contributed by atoms with Crippen LogP contribution < -0.4 is 10.2 Å². The van der Waals surface area contributed by atoms with Gasteiger partial charge in [0.15, 0.2) is 0 Å². The lowest BCUT2D eigenvalue weighted by Gasteiger charge is -2.25. The van der Waals surface area contributed by atoms with E-state index in [9.17, 15) is 9.59 Å². The highest BCUT2D eigenvalue weighted by Gasteiger charge is 2.31. The predicted octanol–water partition coefficient (Wildman–Crippen LogP) is 3.63. The molecular formula is C23H27N3O2. The zero-order valence-corrected chi connectivity index (χ0v) is 16.3. The second-order valence-electron chi connectivity index (χ2n) is 7.72. The molecule has 2 aromatic carbocycles. The van der Waals surface area contributed by atoms with Gasteiger partial charge in [-0.05, 0) is 49.9 Å². The van der Waals surface area contributed by atoms with Crippen LogP contribution in [0.5, 0.6) is 0 Å². The Balaban J connectivity index is 1.42. The Kier molecular flexibility index (Phi) is 5.44. The van der Waals surface area contributed by atoms with Crippen LogP contribution in [0.15, 0.2) is 54.6 Å². The minimum atomic E-state index is -0.212. The summed E-state index contributed by atoms with van der Waals surface area (Å²) in [5.74, 6) is 0.582. The van der Waals surface area contributed by atoms with Gasteiger partial charge in [-0.1, -0.05) is 42.5 Å². The SMILES string of the molecule is C[C@H](C(=O)Nc1ccccc1N1CCCC1=O)N1CC[C@H](c2ccccc2)C1. The minimum absolute atomic E-state index is 0.0205. The molecule has 2 aromatic rings. The molecule has 2 aliphatic heterocycles. The highest BCUT2D eigenvalue weighted by Crippen LogP contribution is 2.31. The summed E-state index contributed by atoms with van der Waals surface area (Å²) in [5, 5.41) is 3.06. The average Bonchev–Trinajstić information content (AvgIpc) is 3.38. The topological polar surface area (TPSA) is 52.7 Å². The molecule has 2 aliphatic rings. The number of nitrogens with zero attached hydrogens (tertiary/aromatic N) is 2. The van der Waals surface area contributed by atoms with Crippen LogP contribution in [0.3, 0.4) is 0 Å². The largest absolute Gasteiger partial charge is 0.323 e. The number of nitrogens with one attached hydrogen (secondary N) is 1. The van der Waals surface area contributed by atoms with Crippen LogP contribution in [0.4, 0.5) is 11.4 Å². The molecule has 0 unspecified atom stereocenters. The molecule has 2 saturated heterocycles. The third-order valence-corrected chi connectivity index (χ3v) is 5.94. The zero-order chi connectivity index (χ0) is 19.5. The normalized spacial score (nSPS) is 21.1. The summed E-state index contributed by atoms with van der Waals surface area (Å²) in [7, 11) is 0. The first-order valence-corrected chi connectivity index (χ1v) is 10.1. The number of hydrogen-bond donors (Lipinski definition) is 1. The van der Waals surface area contributed by atoms with Crippen molar-refractivity contribution in [2.24, 2.45) is 0 Å². The van der Waals surface area contributed by atoms with Crippen molar-refractivity contribution in [2.45, 2.75) is 38.1 Å². The molecule has 2 heterocycles. The van der Waals surface area contributed by atoms with Gasteiger partial charge in [0, 0.05) is 19.5 Å². The molecule has 1 N–H and O–H groups in total. The molecule has 0 saturated carbocycles. The number of hydrogen-bond acceptors (Lipinski definition) is 3. The summed E-state index contributed by atoms with van der Waals surface area (Å²) in [6.45, 7) is 4.49. The number of rotatable bonds is 5. The fourth-order valence-corrected chi connectivity index (χ4v) is 4.26. The maximum absolute atomic E-state index is 12.9. The summed E-state index contributed by atoms with van der Waals surface area (Å²) in [6, 6.07) is 17.9. The molecule has 5 heteroatoms. The maximum atomic E-state index is 12.9. The quantitative estimate of drug-likeness (QED) is 0.866. The van der Waals surface area contributed by atoms with Gasteiger partial charge in [0.25, 0.3) is 0 Å². The lowest BCUT2D eigenvalue weighted by molar-refractivity contribution is -0.120. The first kappa shape index (κ1) is 18.7. The summed E-state index contributed by atoms with van der Waals surface area (Å²) in [6.07, 6.45) is 2.51. The summed E-state index contributed by atoms with van der Waals surface area (Å²) >= 11 is 0. The standard InChI is InChI=1S/C23H27N3O2/c1-17(25-15-13-19(16-25)18-8-3-2-4-9-18)23(28)24-20-10-5-6-11-21(20)26-14-7-12-22(26)27/h2-6,8-11,17,19H,7,12-16H2,1H3,(H,24,28)/t17-,19+/m1/s1. The van der Waals surface area contributed by atoms with Gasteiger partial charge in [-0.15, -0.1) is 0 Å². The van der Waals surface area contributed by atoms with Gasteiger partial charge in [0.1, 0.15) is 0 Å². The van der Waals surface area contributed by atoms with E-state index < -0.39 is 0 Å². The number of carbonyl (C=O) groups is 2. The molecule has 2 atom stereocenters. The van der Waals surface area contributed by atoms with E-state index in [1.807, 2.05) is 37.3 Å². The van der Waals surface area contributed by atoms with E-state index in [-0.39, 0.29) is 17.9 Å². The van der Waals surface area contributed by atoms with Gasteiger partial charge < -0.3 is 10.2 Å². The van der Waals surface area contributed by atoms with Crippen LogP contribution in [0.1, 0.15) is 37.7 Å². The Labute approximate surface area is 166 Å². The highest BCUT2D eigenvalue weighted by molar-refractivity contribution is 6.03. The van der Waals surface area contributed by atoms with Crippen molar-refractivity contribution in [2.75, 3.05) is 29.9 Å². The summed E-state index contributed by atoms with van der Waals surface area (Å²) in [5.41, 5.74) is 2.86. The molecule has 2 amide bonds. The predicted molar refractivity (Wildman–Crippen MR) is 111 cm³/mol. The minimum Gasteiger partial charge on any atom is -0.323 e. The molecule has 2 fully saturated rings. The van der Waals surface area contributed by atoms with Crippen molar-refractivity contribution in [3.63, 3.8) is 0 Å². The first-order chi connectivity index (χ1) is 13.6. The molecule has 0 aromatic heterocycles. The number of benzene rings is 2. The molecule has 28 heavy (non-hydrogen) atoms. The van der Waals surface area contributed by atoms with E-state index in [1.165, 1.54) is 5.56 Å². The molecule has 146 valence electrons. The van der Waals surface area contributed by atoms with Gasteiger partial charge in [-0.3, -0.25) is 14.5 Å². The van der Waals surface area contributed by atoms with E-state index in [1.54, 1.807) is 4.90 Å². The van der Waals surface area contributed by atoms with Crippen molar-refractivity contribution < 1.29 is 9.59 Å². The van der Waals surface area contributed by atoms with Crippen molar-refractivity contribution in [1.29, 1.82) is 0 Å². The number of anilines is 2. The molecule has 0 bridgehead atoms. The average molecular weight is 377 g/mol. The summed E-state index contributed by atoms with van der Waals surface area (Å²) < 4.78 is 0. The molecule has 4 rings (SSSR count). The van der Waals surface area contributed by atoms with Crippen molar-refractivity contribution in [3.05, 3.63) is 60.2 Å². The Morgan fingerprint density at radius 3 is 2.57 bits per heavy atom. The van der Waals surface area contributed by atoms with Crippen LogP contribution in [0.2, 0.25) is 0 Å². The van der Waals surface area contributed by atoms with Crippen LogP contribution in [-0.4, -0.2) is 42.4 Å². The van der Waals surface area contributed by atoms with Crippen LogP contribution in [0, 0.1) is 0 Å². The second kappa shape index (κ2) is 8.15. The van der Waals surface area contributed by atoms with Crippen LogP contribution in [-0.2, 0) is 9.59 Å². The maximum Gasteiger partial charge on any atom is 0.241 e. The highest BCUT2D eigenvalue weighted by atomic mass is 16.2. The monoisotopic (exact) mass is 377 g/mol. The van der Waals surface area contributed by atoms with Gasteiger partial charge >= 0.3 is 0 Å². The number of carbonyl (C=O) groups excluding carboxylic acids is 2. The van der Waals surface area contributed by atoms with Crippen molar-refractivity contribution >= 4 is 23.2 Å². The van der Waals surface area contributed by atoms with E-state index in [4.69, 9.17) is 0 Å². The Bertz CT molecular complexity index is 852. The van der Waals surface area contributed by atoms with E-state index >= 15 is 0 Å².